The molecular weight excluding hydrogens is 220 g/mol. The first-order valence-corrected chi connectivity index (χ1v) is 5.99. The molecule has 16 heavy (non-hydrogen) atoms. The molecule has 0 atom stereocenters. The second-order valence-corrected chi connectivity index (χ2v) is 4.43. The maximum atomic E-state index is 5.68. The van der Waals surface area contributed by atoms with Crippen molar-refractivity contribution >= 4 is 11.3 Å². The monoisotopic (exact) mass is 234 g/mol. The third-order valence-corrected chi connectivity index (χ3v) is 3.16. The number of hydrogen-bond donors (Lipinski definition) is 1. The Morgan fingerprint density at radius 1 is 1.38 bits per heavy atom. The fourth-order valence-electron chi connectivity index (χ4n) is 1.38. The van der Waals surface area contributed by atoms with Gasteiger partial charge in [-0.15, -0.1) is 11.3 Å². The molecule has 1 aromatic heterocycles. The number of nitrogens with two attached hydrogens (primary N) is 1. The van der Waals surface area contributed by atoms with Gasteiger partial charge in [0.1, 0.15) is 17.4 Å². The van der Waals surface area contributed by atoms with Crippen LogP contribution in [0.25, 0.3) is 0 Å². The average Bonchev–Trinajstić information content (AvgIpc) is 2.76. The van der Waals surface area contributed by atoms with Crippen LogP contribution >= 0.6 is 11.3 Å². The van der Waals surface area contributed by atoms with E-state index in [1.807, 2.05) is 36.6 Å². The molecule has 84 valence electrons. The molecule has 0 saturated heterocycles. The van der Waals surface area contributed by atoms with Gasteiger partial charge < -0.3 is 10.5 Å². The van der Waals surface area contributed by atoms with Crippen molar-refractivity contribution < 1.29 is 4.74 Å². The fraction of sp³-hybridized carbons (Fsp3) is 0.250. The molecule has 0 saturated carbocycles. The van der Waals surface area contributed by atoms with Crippen molar-refractivity contribution in [1.82, 2.24) is 4.98 Å². The lowest BCUT2D eigenvalue weighted by molar-refractivity contribution is 0.300. The van der Waals surface area contributed by atoms with Crippen molar-refractivity contribution in [2.45, 2.75) is 20.1 Å². The van der Waals surface area contributed by atoms with Gasteiger partial charge in [0, 0.05) is 11.9 Å². The van der Waals surface area contributed by atoms with Crippen molar-refractivity contribution in [3.8, 4) is 5.75 Å². The maximum absolute atomic E-state index is 5.68. The standard InChI is InChI=1S/C12H14N2OS/c1-9-4-2-3-5-11(9)15-7-10-8-16-12(6-13)14-10/h2-5,8H,6-7,13H2,1H3. The number of hydrogen-bond acceptors (Lipinski definition) is 4. The number of thiazole rings is 1. The highest BCUT2D eigenvalue weighted by Gasteiger charge is 2.02. The molecule has 0 aliphatic rings. The van der Waals surface area contributed by atoms with Crippen LogP contribution in [0.4, 0.5) is 0 Å². The van der Waals surface area contributed by atoms with E-state index < -0.39 is 0 Å². The zero-order valence-electron chi connectivity index (χ0n) is 9.14. The third kappa shape index (κ3) is 2.59. The molecule has 0 aliphatic carbocycles. The molecule has 0 amide bonds. The lowest BCUT2D eigenvalue weighted by Crippen LogP contribution is -1.99. The molecule has 0 spiro atoms. The van der Waals surface area contributed by atoms with Gasteiger partial charge in [0.05, 0.1) is 5.69 Å². The molecule has 3 nitrogen and oxygen atoms in total. The molecule has 0 unspecified atom stereocenters. The third-order valence-electron chi connectivity index (χ3n) is 2.24. The zero-order valence-corrected chi connectivity index (χ0v) is 9.96. The van der Waals surface area contributed by atoms with E-state index in [9.17, 15) is 0 Å². The Hall–Kier alpha value is -1.39. The van der Waals surface area contributed by atoms with Gasteiger partial charge in [0.2, 0.25) is 0 Å². The summed E-state index contributed by atoms with van der Waals surface area (Å²) in [5.41, 5.74) is 7.58. The second-order valence-electron chi connectivity index (χ2n) is 3.49. The summed E-state index contributed by atoms with van der Waals surface area (Å²) in [5, 5.41) is 2.93. The summed E-state index contributed by atoms with van der Waals surface area (Å²) in [6.45, 7) is 3.03. The molecular formula is C12H14N2OS. The Balaban J connectivity index is 1.99. The molecule has 1 aromatic carbocycles. The van der Waals surface area contributed by atoms with Gasteiger partial charge in [-0.05, 0) is 18.6 Å². The van der Waals surface area contributed by atoms with E-state index in [4.69, 9.17) is 10.5 Å². The Morgan fingerprint density at radius 2 is 2.19 bits per heavy atom. The summed E-state index contributed by atoms with van der Waals surface area (Å²) < 4.78 is 5.68. The molecule has 0 fully saturated rings. The first kappa shape index (κ1) is 11.1. The number of para-hydroxylation sites is 1. The van der Waals surface area contributed by atoms with Crippen molar-refractivity contribution in [3.63, 3.8) is 0 Å². The molecule has 2 aromatic rings. The van der Waals surface area contributed by atoms with Gasteiger partial charge >= 0.3 is 0 Å². The molecule has 2 rings (SSSR count). The van der Waals surface area contributed by atoms with E-state index in [0.717, 1.165) is 22.0 Å². The van der Waals surface area contributed by atoms with Crippen LogP contribution < -0.4 is 10.5 Å². The van der Waals surface area contributed by atoms with E-state index in [1.165, 1.54) is 0 Å². The molecule has 4 heteroatoms. The van der Waals surface area contributed by atoms with Crippen LogP contribution in [0.2, 0.25) is 0 Å². The van der Waals surface area contributed by atoms with E-state index in [2.05, 4.69) is 4.98 Å². The Kier molecular flexibility index (Phi) is 3.54. The van der Waals surface area contributed by atoms with Crippen LogP contribution in [0.15, 0.2) is 29.6 Å². The highest BCUT2D eigenvalue weighted by atomic mass is 32.1. The van der Waals surface area contributed by atoms with E-state index in [0.29, 0.717) is 13.2 Å². The summed E-state index contributed by atoms with van der Waals surface area (Å²) in [6, 6.07) is 7.96. The molecule has 2 N–H and O–H groups in total. The number of benzene rings is 1. The highest BCUT2D eigenvalue weighted by Crippen LogP contribution is 2.18. The molecule has 0 aliphatic heterocycles. The largest absolute Gasteiger partial charge is 0.487 e. The molecule has 1 heterocycles. The van der Waals surface area contributed by atoms with Crippen molar-refractivity contribution in [2.75, 3.05) is 0 Å². The van der Waals surface area contributed by atoms with Gasteiger partial charge in [-0.3, -0.25) is 0 Å². The second kappa shape index (κ2) is 5.09. The Morgan fingerprint density at radius 3 is 2.88 bits per heavy atom. The van der Waals surface area contributed by atoms with Gasteiger partial charge in [-0.25, -0.2) is 4.98 Å². The van der Waals surface area contributed by atoms with E-state index >= 15 is 0 Å². The normalized spacial score (nSPS) is 10.4. The summed E-state index contributed by atoms with van der Waals surface area (Å²) in [5.74, 6) is 0.907. The molecule has 0 radical (unpaired) electrons. The quantitative estimate of drug-likeness (QED) is 0.884. The number of ether oxygens (including phenoxy) is 1. The van der Waals surface area contributed by atoms with E-state index in [1.54, 1.807) is 11.3 Å². The van der Waals surface area contributed by atoms with Crippen molar-refractivity contribution in [2.24, 2.45) is 5.73 Å². The Labute approximate surface area is 98.9 Å². The number of rotatable bonds is 4. The highest BCUT2D eigenvalue weighted by molar-refractivity contribution is 7.09. The first-order valence-electron chi connectivity index (χ1n) is 5.11. The van der Waals surface area contributed by atoms with Crippen LogP contribution in [-0.4, -0.2) is 4.98 Å². The topological polar surface area (TPSA) is 48.1 Å². The predicted molar refractivity (Wildman–Crippen MR) is 65.5 cm³/mol. The summed E-state index contributed by atoms with van der Waals surface area (Å²) >= 11 is 1.57. The van der Waals surface area contributed by atoms with Crippen LogP contribution in [0.5, 0.6) is 5.75 Å². The lowest BCUT2D eigenvalue weighted by atomic mass is 10.2. The van der Waals surface area contributed by atoms with E-state index in [-0.39, 0.29) is 0 Å². The van der Waals surface area contributed by atoms with Gasteiger partial charge in [-0.1, -0.05) is 18.2 Å². The van der Waals surface area contributed by atoms with Crippen molar-refractivity contribution in [1.29, 1.82) is 0 Å². The zero-order chi connectivity index (χ0) is 11.4. The SMILES string of the molecule is Cc1ccccc1OCc1csc(CN)n1. The van der Waals surface area contributed by atoms with Crippen LogP contribution in [-0.2, 0) is 13.2 Å². The minimum Gasteiger partial charge on any atom is -0.487 e. The summed E-state index contributed by atoms with van der Waals surface area (Å²) in [6.07, 6.45) is 0. The average molecular weight is 234 g/mol. The number of aryl methyl sites for hydroxylation is 1. The Bertz CT molecular complexity index is 468. The van der Waals surface area contributed by atoms with Gasteiger partial charge in [0.15, 0.2) is 0 Å². The van der Waals surface area contributed by atoms with Crippen LogP contribution in [0, 0.1) is 6.92 Å². The number of aromatic nitrogens is 1. The van der Waals surface area contributed by atoms with Crippen molar-refractivity contribution in [3.05, 3.63) is 45.9 Å². The maximum Gasteiger partial charge on any atom is 0.131 e. The minimum atomic E-state index is 0.495. The van der Waals surface area contributed by atoms with Crippen LogP contribution in [0.1, 0.15) is 16.3 Å². The summed E-state index contributed by atoms with van der Waals surface area (Å²) in [4.78, 5) is 4.34. The summed E-state index contributed by atoms with van der Waals surface area (Å²) in [7, 11) is 0. The van der Waals surface area contributed by atoms with Gasteiger partial charge in [0.25, 0.3) is 0 Å². The molecule has 0 bridgehead atoms. The minimum absolute atomic E-state index is 0.495. The number of nitrogens with zero attached hydrogens (tertiary/aromatic N) is 1. The fourth-order valence-corrected chi connectivity index (χ4v) is 2.04. The predicted octanol–water partition coefficient (Wildman–Crippen LogP) is 2.49. The van der Waals surface area contributed by atoms with Crippen LogP contribution in [0.3, 0.4) is 0 Å². The smallest absolute Gasteiger partial charge is 0.131 e. The van der Waals surface area contributed by atoms with Gasteiger partial charge in [-0.2, -0.15) is 0 Å². The lowest BCUT2D eigenvalue weighted by Gasteiger charge is -2.06. The first-order chi connectivity index (χ1) is 7.79.